The number of aromatic nitrogens is 3. The van der Waals surface area contributed by atoms with E-state index in [4.69, 9.17) is 4.74 Å². The summed E-state index contributed by atoms with van der Waals surface area (Å²) in [6.45, 7) is 12.5. The average Bonchev–Trinajstić information content (AvgIpc) is 2.97. The number of benzene rings is 1. The Labute approximate surface area is 223 Å². The Hall–Kier alpha value is -3.52. The van der Waals surface area contributed by atoms with E-state index in [0.717, 1.165) is 100 Å². The zero-order valence-electron chi connectivity index (χ0n) is 22.0. The predicted octanol–water partition coefficient (Wildman–Crippen LogP) is 1.72. The van der Waals surface area contributed by atoms with E-state index in [0.29, 0.717) is 5.56 Å². The van der Waals surface area contributed by atoms with Crippen LogP contribution in [0.25, 0.3) is 10.9 Å². The molecular formula is C28H35N9O. The predicted molar refractivity (Wildman–Crippen MR) is 149 cm³/mol. The molecule has 10 heteroatoms. The number of nitrogens with zero attached hydrogens (tertiary/aromatic N) is 8. The van der Waals surface area contributed by atoms with Crippen LogP contribution in [0.4, 0.5) is 17.3 Å². The molecule has 10 nitrogen and oxygen atoms in total. The normalized spacial score (nSPS) is 23.0. The van der Waals surface area contributed by atoms with E-state index in [1.54, 1.807) is 12.5 Å². The lowest BCUT2D eigenvalue weighted by Gasteiger charge is -2.42. The first-order valence-corrected chi connectivity index (χ1v) is 13.6. The van der Waals surface area contributed by atoms with Gasteiger partial charge in [-0.1, -0.05) is 0 Å². The number of anilines is 3. The van der Waals surface area contributed by atoms with Crippen molar-refractivity contribution in [1.82, 2.24) is 25.2 Å². The number of rotatable bonds is 5. The van der Waals surface area contributed by atoms with Crippen molar-refractivity contribution in [2.45, 2.75) is 19.1 Å². The molecule has 0 saturated carbocycles. The molecule has 2 unspecified atom stereocenters. The SMILES string of the molecule is CC1CN(c2ccc(C#N)c3ncccc23)CC(CN2CCN(c3cc(N4CCNCC4)ncn3)CC2)O1. The van der Waals surface area contributed by atoms with E-state index in [-0.39, 0.29) is 12.2 Å². The van der Waals surface area contributed by atoms with Gasteiger partial charge in [-0.25, -0.2) is 9.97 Å². The molecule has 2 atom stereocenters. The van der Waals surface area contributed by atoms with Crippen LogP contribution in [0.3, 0.4) is 0 Å². The highest BCUT2D eigenvalue weighted by molar-refractivity contribution is 5.95. The van der Waals surface area contributed by atoms with Crippen LogP contribution in [-0.2, 0) is 4.74 Å². The molecule has 0 bridgehead atoms. The van der Waals surface area contributed by atoms with Crippen LogP contribution in [0, 0.1) is 11.3 Å². The highest BCUT2D eigenvalue weighted by Crippen LogP contribution is 2.30. The Morgan fingerprint density at radius 1 is 0.947 bits per heavy atom. The fourth-order valence-corrected chi connectivity index (χ4v) is 5.89. The van der Waals surface area contributed by atoms with Crippen molar-refractivity contribution in [1.29, 1.82) is 5.26 Å². The highest BCUT2D eigenvalue weighted by atomic mass is 16.5. The van der Waals surface area contributed by atoms with Crippen LogP contribution in [0.2, 0.25) is 0 Å². The number of nitriles is 1. The largest absolute Gasteiger partial charge is 0.370 e. The molecule has 0 aliphatic carbocycles. The van der Waals surface area contributed by atoms with Gasteiger partial charge in [0.15, 0.2) is 0 Å². The Kier molecular flexibility index (Phi) is 7.22. The van der Waals surface area contributed by atoms with Crippen LogP contribution < -0.4 is 20.0 Å². The third kappa shape index (κ3) is 5.23. The number of pyridine rings is 1. The average molecular weight is 514 g/mol. The first-order valence-electron chi connectivity index (χ1n) is 13.6. The maximum absolute atomic E-state index is 9.52. The summed E-state index contributed by atoms with van der Waals surface area (Å²) in [6, 6.07) is 12.4. The van der Waals surface area contributed by atoms with Gasteiger partial charge in [-0.2, -0.15) is 5.26 Å². The Morgan fingerprint density at radius 3 is 2.47 bits per heavy atom. The van der Waals surface area contributed by atoms with Gasteiger partial charge in [0.1, 0.15) is 24.0 Å². The van der Waals surface area contributed by atoms with E-state index in [1.165, 1.54) is 0 Å². The summed E-state index contributed by atoms with van der Waals surface area (Å²) >= 11 is 0. The highest BCUT2D eigenvalue weighted by Gasteiger charge is 2.29. The van der Waals surface area contributed by atoms with Gasteiger partial charge >= 0.3 is 0 Å². The molecule has 1 N–H and O–H groups in total. The van der Waals surface area contributed by atoms with Crippen molar-refractivity contribution in [2.24, 2.45) is 0 Å². The van der Waals surface area contributed by atoms with Crippen LogP contribution in [0.15, 0.2) is 42.9 Å². The lowest BCUT2D eigenvalue weighted by molar-refractivity contribution is -0.0327. The molecule has 3 aliphatic rings. The van der Waals surface area contributed by atoms with Crippen molar-refractivity contribution in [3.8, 4) is 6.07 Å². The summed E-state index contributed by atoms with van der Waals surface area (Å²) in [5.41, 5.74) is 2.51. The minimum absolute atomic E-state index is 0.117. The van der Waals surface area contributed by atoms with Crippen molar-refractivity contribution >= 4 is 28.2 Å². The van der Waals surface area contributed by atoms with Gasteiger partial charge in [-0.3, -0.25) is 9.88 Å². The zero-order chi connectivity index (χ0) is 25.9. The molecule has 3 saturated heterocycles. The third-order valence-electron chi connectivity index (χ3n) is 7.77. The smallest absolute Gasteiger partial charge is 0.134 e. The summed E-state index contributed by atoms with van der Waals surface area (Å²) < 4.78 is 6.40. The van der Waals surface area contributed by atoms with Crippen molar-refractivity contribution < 1.29 is 4.74 Å². The number of hydrogen-bond acceptors (Lipinski definition) is 10. The van der Waals surface area contributed by atoms with Gasteiger partial charge in [0.2, 0.25) is 0 Å². The molecule has 3 aliphatic heterocycles. The van der Waals surface area contributed by atoms with E-state index in [9.17, 15) is 5.26 Å². The maximum Gasteiger partial charge on any atom is 0.134 e. The van der Waals surface area contributed by atoms with Gasteiger partial charge in [0.05, 0.1) is 23.3 Å². The summed E-state index contributed by atoms with van der Waals surface area (Å²) in [7, 11) is 0. The number of hydrogen-bond donors (Lipinski definition) is 1. The van der Waals surface area contributed by atoms with Crippen LogP contribution in [-0.4, -0.2) is 104 Å². The van der Waals surface area contributed by atoms with Gasteiger partial charge in [-0.05, 0) is 31.2 Å². The van der Waals surface area contributed by atoms with Gasteiger partial charge in [0.25, 0.3) is 0 Å². The number of fused-ring (bicyclic) bond motifs is 1. The van der Waals surface area contributed by atoms with E-state index < -0.39 is 0 Å². The fraction of sp³-hybridized carbons (Fsp3) is 0.500. The molecule has 1 aromatic carbocycles. The van der Waals surface area contributed by atoms with E-state index >= 15 is 0 Å². The van der Waals surface area contributed by atoms with Gasteiger partial charge < -0.3 is 24.8 Å². The second-order valence-corrected chi connectivity index (χ2v) is 10.4. The number of piperazine rings is 2. The first-order chi connectivity index (χ1) is 18.7. The second-order valence-electron chi connectivity index (χ2n) is 10.4. The lowest BCUT2D eigenvalue weighted by atomic mass is 10.1. The summed E-state index contributed by atoms with van der Waals surface area (Å²) in [4.78, 5) is 23.2. The molecule has 6 rings (SSSR count). The van der Waals surface area contributed by atoms with Crippen molar-refractivity contribution in [3.05, 3.63) is 48.4 Å². The minimum Gasteiger partial charge on any atom is -0.370 e. The summed E-state index contributed by atoms with van der Waals surface area (Å²) in [5.74, 6) is 2.04. The Balaban J connectivity index is 1.09. The Bertz CT molecular complexity index is 1300. The Morgan fingerprint density at radius 2 is 1.71 bits per heavy atom. The molecule has 198 valence electrons. The number of ether oxygens (including phenoxy) is 1. The molecule has 3 aromatic rings. The summed E-state index contributed by atoms with van der Waals surface area (Å²) in [5, 5.41) is 13.9. The quantitative estimate of drug-likeness (QED) is 0.543. The molecule has 0 amide bonds. The molecule has 5 heterocycles. The minimum atomic E-state index is 0.117. The fourth-order valence-electron chi connectivity index (χ4n) is 5.89. The number of morpholine rings is 1. The van der Waals surface area contributed by atoms with Crippen LogP contribution in [0.5, 0.6) is 0 Å². The number of nitrogens with one attached hydrogen (secondary N) is 1. The first kappa shape index (κ1) is 24.8. The second kappa shape index (κ2) is 11.1. The molecule has 0 spiro atoms. The summed E-state index contributed by atoms with van der Waals surface area (Å²) in [6.07, 6.45) is 3.70. The molecular weight excluding hydrogens is 478 g/mol. The molecule has 0 radical (unpaired) electrons. The molecule has 2 aromatic heterocycles. The van der Waals surface area contributed by atoms with Crippen LogP contribution >= 0.6 is 0 Å². The molecule has 3 fully saturated rings. The standard InChI is InChI=1S/C28H35N9O/c1-21-17-37(25-5-4-22(16-29)28-24(25)3-2-6-31-28)19-23(38-21)18-34-11-13-36(14-12-34)27-15-26(32-20-33-27)35-9-7-30-8-10-35/h2-6,15,20-21,23,30H,7-14,17-19H2,1H3. The zero-order valence-corrected chi connectivity index (χ0v) is 22.0. The maximum atomic E-state index is 9.52. The molecule has 38 heavy (non-hydrogen) atoms. The van der Waals surface area contributed by atoms with E-state index in [1.807, 2.05) is 12.1 Å². The lowest BCUT2D eigenvalue weighted by Crippen LogP contribution is -2.54. The third-order valence-corrected chi connectivity index (χ3v) is 7.77. The van der Waals surface area contributed by atoms with Gasteiger partial charge in [-0.15, -0.1) is 0 Å². The van der Waals surface area contributed by atoms with Crippen LogP contribution in [0.1, 0.15) is 12.5 Å². The topological polar surface area (TPSA) is 96.7 Å². The van der Waals surface area contributed by atoms with Crippen molar-refractivity contribution in [2.75, 3.05) is 86.7 Å². The van der Waals surface area contributed by atoms with Gasteiger partial charge in [0, 0.05) is 95.3 Å². The van der Waals surface area contributed by atoms with Crippen molar-refractivity contribution in [3.63, 3.8) is 0 Å². The van der Waals surface area contributed by atoms with E-state index in [2.05, 4.69) is 71.1 Å². The monoisotopic (exact) mass is 513 g/mol.